The van der Waals surface area contributed by atoms with E-state index in [1.54, 1.807) is 28.9 Å². The molecule has 3 aromatic rings. The molecule has 6 heteroatoms. The van der Waals surface area contributed by atoms with Gasteiger partial charge in [-0.3, -0.25) is 0 Å². The van der Waals surface area contributed by atoms with E-state index in [1.807, 2.05) is 12.1 Å². The van der Waals surface area contributed by atoms with Crippen molar-refractivity contribution in [1.29, 1.82) is 0 Å². The van der Waals surface area contributed by atoms with Crippen LogP contribution in [0.15, 0.2) is 48.5 Å². The van der Waals surface area contributed by atoms with Gasteiger partial charge in [0, 0.05) is 10.6 Å². The smallest absolute Gasteiger partial charge is 0.336 e. The Hall–Kier alpha value is -2.40. The second-order valence-electron chi connectivity index (χ2n) is 4.32. The highest BCUT2D eigenvalue weighted by Crippen LogP contribution is 2.24. The second-order valence-corrected chi connectivity index (χ2v) is 4.75. The molecule has 106 valence electrons. The SMILES string of the molecule is COc1nc(-c2ccc(Cl)cc2)n(-c2ccc(F)cc2)n1. The average molecular weight is 304 g/mol. The molecule has 0 aliphatic carbocycles. The van der Waals surface area contributed by atoms with Gasteiger partial charge in [0.1, 0.15) is 5.82 Å². The van der Waals surface area contributed by atoms with Crippen molar-refractivity contribution in [2.45, 2.75) is 0 Å². The Morgan fingerprint density at radius 2 is 1.71 bits per heavy atom. The molecule has 0 aliphatic rings. The van der Waals surface area contributed by atoms with Crippen molar-refractivity contribution < 1.29 is 9.13 Å². The molecule has 0 radical (unpaired) electrons. The van der Waals surface area contributed by atoms with E-state index in [-0.39, 0.29) is 11.8 Å². The molecule has 0 amide bonds. The summed E-state index contributed by atoms with van der Waals surface area (Å²) in [5.41, 5.74) is 1.52. The zero-order valence-electron chi connectivity index (χ0n) is 11.1. The fourth-order valence-corrected chi connectivity index (χ4v) is 2.05. The van der Waals surface area contributed by atoms with E-state index in [9.17, 15) is 4.39 Å². The summed E-state index contributed by atoms with van der Waals surface area (Å²) < 4.78 is 19.7. The first kappa shape index (κ1) is 13.6. The predicted molar refractivity (Wildman–Crippen MR) is 78.3 cm³/mol. The van der Waals surface area contributed by atoms with Gasteiger partial charge in [-0.1, -0.05) is 11.6 Å². The number of methoxy groups -OCH3 is 1. The molecule has 0 bridgehead atoms. The van der Waals surface area contributed by atoms with Crippen LogP contribution in [0.25, 0.3) is 17.1 Å². The first-order chi connectivity index (χ1) is 10.2. The summed E-state index contributed by atoms with van der Waals surface area (Å²) in [5, 5.41) is 4.89. The third-order valence-electron chi connectivity index (χ3n) is 2.94. The van der Waals surface area contributed by atoms with E-state index in [2.05, 4.69) is 10.1 Å². The zero-order valence-corrected chi connectivity index (χ0v) is 11.9. The van der Waals surface area contributed by atoms with Crippen LogP contribution >= 0.6 is 11.6 Å². The summed E-state index contributed by atoms with van der Waals surface area (Å²) >= 11 is 5.90. The molecule has 0 spiro atoms. The lowest BCUT2D eigenvalue weighted by molar-refractivity contribution is 0.380. The van der Waals surface area contributed by atoms with Crippen molar-refractivity contribution in [2.75, 3.05) is 7.11 Å². The van der Waals surface area contributed by atoms with Crippen LogP contribution in [0.3, 0.4) is 0 Å². The van der Waals surface area contributed by atoms with Gasteiger partial charge >= 0.3 is 6.01 Å². The largest absolute Gasteiger partial charge is 0.466 e. The summed E-state index contributed by atoms with van der Waals surface area (Å²) in [5.74, 6) is 0.286. The lowest BCUT2D eigenvalue weighted by Gasteiger charge is -2.05. The van der Waals surface area contributed by atoms with Crippen LogP contribution in [0.2, 0.25) is 5.02 Å². The Labute approximate surface area is 125 Å². The van der Waals surface area contributed by atoms with Crippen LogP contribution < -0.4 is 4.74 Å². The third kappa shape index (κ3) is 2.73. The van der Waals surface area contributed by atoms with Gasteiger partial charge < -0.3 is 4.74 Å². The number of aromatic nitrogens is 3. The molecule has 0 N–H and O–H groups in total. The summed E-state index contributed by atoms with van der Waals surface area (Å²) in [4.78, 5) is 4.32. The highest BCUT2D eigenvalue weighted by molar-refractivity contribution is 6.30. The molecule has 21 heavy (non-hydrogen) atoms. The van der Waals surface area contributed by atoms with Gasteiger partial charge in [-0.05, 0) is 48.5 Å². The monoisotopic (exact) mass is 303 g/mol. The second kappa shape index (κ2) is 5.54. The normalized spacial score (nSPS) is 10.6. The van der Waals surface area contributed by atoms with Crippen molar-refractivity contribution >= 4 is 11.6 Å². The average Bonchev–Trinajstić information content (AvgIpc) is 2.93. The standard InChI is InChI=1S/C15H11ClFN3O/c1-21-15-18-14(10-2-4-11(16)5-3-10)20(19-15)13-8-6-12(17)7-9-13/h2-9H,1H3. The van der Waals surface area contributed by atoms with Gasteiger partial charge in [0.2, 0.25) is 0 Å². The minimum Gasteiger partial charge on any atom is -0.466 e. The van der Waals surface area contributed by atoms with Crippen LogP contribution in [-0.4, -0.2) is 21.9 Å². The topological polar surface area (TPSA) is 39.9 Å². The Morgan fingerprint density at radius 1 is 1.05 bits per heavy atom. The van der Waals surface area contributed by atoms with Crippen LogP contribution in [-0.2, 0) is 0 Å². The predicted octanol–water partition coefficient (Wildman–Crippen LogP) is 3.74. The summed E-state index contributed by atoms with van der Waals surface area (Å²) in [7, 11) is 1.50. The number of hydrogen-bond acceptors (Lipinski definition) is 3. The number of halogens is 2. The molecule has 0 unspecified atom stereocenters. The lowest BCUT2D eigenvalue weighted by Crippen LogP contribution is -1.99. The van der Waals surface area contributed by atoms with Crippen molar-refractivity contribution in [3.05, 3.63) is 59.4 Å². The van der Waals surface area contributed by atoms with E-state index in [1.165, 1.54) is 19.2 Å². The Bertz CT molecular complexity index is 691. The minimum atomic E-state index is -0.307. The lowest BCUT2D eigenvalue weighted by atomic mass is 10.2. The number of hydrogen-bond donors (Lipinski definition) is 0. The quantitative estimate of drug-likeness (QED) is 0.740. The van der Waals surface area contributed by atoms with E-state index < -0.39 is 0 Å². The maximum Gasteiger partial charge on any atom is 0.336 e. The van der Waals surface area contributed by atoms with Crippen LogP contribution in [0, 0.1) is 5.82 Å². The van der Waals surface area contributed by atoms with Gasteiger partial charge in [-0.25, -0.2) is 9.07 Å². The van der Waals surface area contributed by atoms with Crippen LogP contribution in [0.1, 0.15) is 0 Å². The van der Waals surface area contributed by atoms with E-state index in [4.69, 9.17) is 16.3 Å². The first-order valence-corrected chi connectivity index (χ1v) is 6.58. The number of ether oxygens (including phenoxy) is 1. The maximum atomic E-state index is 13.1. The molecular weight excluding hydrogens is 293 g/mol. The van der Waals surface area contributed by atoms with E-state index in [0.29, 0.717) is 16.5 Å². The fourth-order valence-electron chi connectivity index (χ4n) is 1.93. The summed E-state index contributed by atoms with van der Waals surface area (Å²) in [6.45, 7) is 0. The maximum absolute atomic E-state index is 13.1. The number of benzene rings is 2. The van der Waals surface area contributed by atoms with Crippen LogP contribution in [0.5, 0.6) is 6.01 Å². The summed E-state index contributed by atoms with van der Waals surface area (Å²) in [6.07, 6.45) is 0. The molecule has 0 atom stereocenters. The molecule has 2 aromatic carbocycles. The fraction of sp³-hybridized carbons (Fsp3) is 0.0667. The van der Waals surface area contributed by atoms with Crippen molar-refractivity contribution in [1.82, 2.24) is 14.8 Å². The molecule has 0 fully saturated rings. The van der Waals surface area contributed by atoms with Crippen molar-refractivity contribution in [2.24, 2.45) is 0 Å². The Balaban J connectivity index is 2.13. The van der Waals surface area contributed by atoms with Crippen molar-refractivity contribution in [3.63, 3.8) is 0 Å². The van der Waals surface area contributed by atoms with Gasteiger partial charge in [-0.2, -0.15) is 4.98 Å². The minimum absolute atomic E-state index is 0.240. The summed E-state index contributed by atoms with van der Waals surface area (Å²) in [6, 6.07) is 13.5. The molecule has 0 aliphatic heterocycles. The van der Waals surface area contributed by atoms with Crippen molar-refractivity contribution in [3.8, 4) is 23.1 Å². The molecule has 1 aromatic heterocycles. The molecular formula is C15H11ClFN3O. The first-order valence-electron chi connectivity index (χ1n) is 6.20. The van der Waals surface area contributed by atoms with Crippen LogP contribution in [0.4, 0.5) is 4.39 Å². The number of rotatable bonds is 3. The van der Waals surface area contributed by atoms with Gasteiger partial charge in [0.15, 0.2) is 5.82 Å². The van der Waals surface area contributed by atoms with Gasteiger partial charge in [0.25, 0.3) is 0 Å². The number of nitrogens with zero attached hydrogens (tertiary/aromatic N) is 3. The Morgan fingerprint density at radius 3 is 2.33 bits per heavy atom. The van der Waals surface area contributed by atoms with Gasteiger partial charge in [-0.15, -0.1) is 5.10 Å². The van der Waals surface area contributed by atoms with Gasteiger partial charge in [0.05, 0.1) is 12.8 Å². The third-order valence-corrected chi connectivity index (χ3v) is 3.20. The Kier molecular flexibility index (Phi) is 3.58. The highest BCUT2D eigenvalue weighted by atomic mass is 35.5. The molecule has 1 heterocycles. The molecule has 3 rings (SSSR count). The van der Waals surface area contributed by atoms with E-state index in [0.717, 1.165) is 5.56 Å². The molecule has 4 nitrogen and oxygen atoms in total. The highest BCUT2D eigenvalue weighted by Gasteiger charge is 2.14. The molecule has 0 saturated carbocycles. The van der Waals surface area contributed by atoms with E-state index >= 15 is 0 Å². The zero-order chi connectivity index (χ0) is 14.8. The molecule has 0 saturated heterocycles.